The average molecular weight is 380 g/mol. The first kappa shape index (κ1) is 19.1. The standard InChI is InChI=1S/C20H20N4O4/c1-13(25)22-14-7-9-15(10-8-14)23-20(28)21-11-4-12-24-18(26)16-5-2-3-6-17(16)19(24)27/h2-3,5-10H,4,11-12H2,1H3,(H,22,25)(H2,21,23,28). The number of imide groups is 1. The Hall–Kier alpha value is -3.68. The van der Waals surface area contributed by atoms with Crippen molar-refractivity contribution in [1.29, 1.82) is 0 Å². The van der Waals surface area contributed by atoms with Gasteiger partial charge in [-0.15, -0.1) is 0 Å². The number of rotatable bonds is 6. The second kappa shape index (κ2) is 8.34. The second-order valence-corrected chi connectivity index (χ2v) is 6.30. The Kier molecular flexibility index (Phi) is 5.69. The number of hydrogen-bond donors (Lipinski definition) is 3. The van der Waals surface area contributed by atoms with Crippen LogP contribution in [-0.4, -0.2) is 41.7 Å². The lowest BCUT2D eigenvalue weighted by atomic mass is 10.1. The third-order valence-corrected chi connectivity index (χ3v) is 4.19. The number of fused-ring (bicyclic) bond motifs is 1. The van der Waals surface area contributed by atoms with Gasteiger partial charge in [0.2, 0.25) is 5.91 Å². The fourth-order valence-corrected chi connectivity index (χ4v) is 2.90. The van der Waals surface area contributed by atoms with Gasteiger partial charge in [-0.25, -0.2) is 4.79 Å². The fourth-order valence-electron chi connectivity index (χ4n) is 2.90. The van der Waals surface area contributed by atoms with Gasteiger partial charge in [-0.3, -0.25) is 19.3 Å². The number of urea groups is 1. The smallest absolute Gasteiger partial charge is 0.319 e. The molecule has 3 rings (SSSR count). The van der Waals surface area contributed by atoms with E-state index in [-0.39, 0.29) is 24.3 Å². The predicted octanol–water partition coefficient (Wildman–Crippen LogP) is 2.45. The summed E-state index contributed by atoms with van der Waals surface area (Å²) in [7, 11) is 0. The number of anilines is 2. The van der Waals surface area contributed by atoms with Crippen molar-refractivity contribution in [3.63, 3.8) is 0 Å². The van der Waals surface area contributed by atoms with Crippen LogP contribution in [0.3, 0.4) is 0 Å². The van der Waals surface area contributed by atoms with Crippen LogP contribution in [0.25, 0.3) is 0 Å². The monoisotopic (exact) mass is 380 g/mol. The van der Waals surface area contributed by atoms with E-state index >= 15 is 0 Å². The lowest BCUT2D eigenvalue weighted by molar-refractivity contribution is -0.114. The van der Waals surface area contributed by atoms with Gasteiger partial charge in [0.1, 0.15) is 0 Å². The zero-order chi connectivity index (χ0) is 20.1. The molecular formula is C20H20N4O4. The van der Waals surface area contributed by atoms with Gasteiger partial charge >= 0.3 is 6.03 Å². The summed E-state index contributed by atoms with van der Waals surface area (Å²) in [5, 5.41) is 8.00. The fraction of sp³-hybridized carbons (Fsp3) is 0.200. The minimum Gasteiger partial charge on any atom is -0.338 e. The molecule has 0 bridgehead atoms. The normalized spacial score (nSPS) is 12.5. The Balaban J connectivity index is 1.42. The van der Waals surface area contributed by atoms with Crippen LogP contribution < -0.4 is 16.0 Å². The van der Waals surface area contributed by atoms with Gasteiger partial charge in [0.25, 0.3) is 11.8 Å². The Labute approximate surface area is 161 Å². The van der Waals surface area contributed by atoms with Gasteiger partial charge in [0.15, 0.2) is 0 Å². The number of amides is 5. The molecule has 0 saturated heterocycles. The molecule has 2 aromatic carbocycles. The van der Waals surface area contributed by atoms with Crippen molar-refractivity contribution in [1.82, 2.24) is 10.2 Å². The highest BCUT2D eigenvalue weighted by Gasteiger charge is 2.34. The molecule has 0 spiro atoms. The summed E-state index contributed by atoms with van der Waals surface area (Å²) >= 11 is 0. The van der Waals surface area contributed by atoms with E-state index in [2.05, 4.69) is 16.0 Å². The molecule has 0 fully saturated rings. The molecule has 0 atom stereocenters. The molecular weight excluding hydrogens is 360 g/mol. The molecule has 0 aliphatic carbocycles. The van der Waals surface area contributed by atoms with Crippen LogP contribution in [0.15, 0.2) is 48.5 Å². The maximum atomic E-state index is 12.2. The van der Waals surface area contributed by atoms with Crippen molar-refractivity contribution in [2.75, 3.05) is 23.7 Å². The van der Waals surface area contributed by atoms with E-state index in [1.165, 1.54) is 11.8 Å². The lowest BCUT2D eigenvalue weighted by Crippen LogP contribution is -2.35. The highest BCUT2D eigenvalue weighted by molar-refractivity contribution is 6.21. The summed E-state index contributed by atoms with van der Waals surface area (Å²) in [6, 6.07) is 13.0. The van der Waals surface area contributed by atoms with E-state index in [9.17, 15) is 19.2 Å². The van der Waals surface area contributed by atoms with Crippen molar-refractivity contribution >= 4 is 35.1 Å². The molecule has 3 N–H and O–H groups in total. The molecule has 8 nitrogen and oxygen atoms in total. The Bertz CT molecular complexity index is 889. The third kappa shape index (κ3) is 4.35. The number of nitrogens with zero attached hydrogens (tertiary/aromatic N) is 1. The molecule has 144 valence electrons. The van der Waals surface area contributed by atoms with Crippen molar-refractivity contribution in [2.45, 2.75) is 13.3 Å². The molecule has 2 aromatic rings. The van der Waals surface area contributed by atoms with Crippen LogP contribution in [0, 0.1) is 0 Å². The van der Waals surface area contributed by atoms with Crippen molar-refractivity contribution in [2.24, 2.45) is 0 Å². The molecule has 8 heteroatoms. The van der Waals surface area contributed by atoms with Gasteiger partial charge in [-0.05, 0) is 42.8 Å². The van der Waals surface area contributed by atoms with Gasteiger partial charge in [0, 0.05) is 31.4 Å². The zero-order valence-electron chi connectivity index (χ0n) is 15.3. The van der Waals surface area contributed by atoms with Gasteiger partial charge in [-0.2, -0.15) is 0 Å². The van der Waals surface area contributed by atoms with E-state index in [4.69, 9.17) is 0 Å². The SMILES string of the molecule is CC(=O)Nc1ccc(NC(=O)NCCCN2C(=O)c3ccccc3C2=O)cc1. The van der Waals surface area contributed by atoms with E-state index in [1.807, 2.05) is 0 Å². The summed E-state index contributed by atoms with van der Waals surface area (Å²) in [5.74, 6) is -0.773. The Morgan fingerprint density at radius 2 is 1.39 bits per heavy atom. The van der Waals surface area contributed by atoms with E-state index in [1.54, 1.807) is 48.5 Å². The summed E-state index contributed by atoms with van der Waals surface area (Å²) in [6.45, 7) is 1.96. The lowest BCUT2D eigenvalue weighted by Gasteiger charge is -2.14. The first-order chi connectivity index (χ1) is 13.5. The molecule has 5 amide bonds. The largest absolute Gasteiger partial charge is 0.338 e. The van der Waals surface area contributed by atoms with E-state index in [0.29, 0.717) is 35.5 Å². The number of carbonyl (C=O) groups excluding carboxylic acids is 4. The molecule has 0 saturated carbocycles. The van der Waals surface area contributed by atoms with Crippen LogP contribution in [0.4, 0.5) is 16.2 Å². The first-order valence-corrected chi connectivity index (χ1v) is 8.83. The number of hydrogen-bond acceptors (Lipinski definition) is 4. The quantitative estimate of drug-likeness (QED) is 0.528. The molecule has 1 aliphatic heterocycles. The van der Waals surface area contributed by atoms with Crippen LogP contribution in [0.1, 0.15) is 34.1 Å². The summed E-state index contributed by atoms with van der Waals surface area (Å²) in [5.41, 5.74) is 2.05. The maximum absolute atomic E-state index is 12.2. The molecule has 0 radical (unpaired) electrons. The molecule has 1 heterocycles. The molecule has 28 heavy (non-hydrogen) atoms. The van der Waals surface area contributed by atoms with Gasteiger partial charge < -0.3 is 16.0 Å². The highest BCUT2D eigenvalue weighted by Crippen LogP contribution is 2.22. The first-order valence-electron chi connectivity index (χ1n) is 8.83. The number of nitrogens with one attached hydrogen (secondary N) is 3. The maximum Gasteiger partial charge on any atom is 0.319 e. The number of carbonyl (C=O) groups is 4. The minimum absolute atomic E-state index is 0.170. The minimum atomic E-state index is -0.394. The Morgan fingerprint density at radius 1 is 0.857 bits per heavy atom. The van der Waals surface area contributed by atoms with Gasteiger partial charge in [-0.1, -0.05) is 12.1 Å². The van der Waals surface area contributed by atoms with Crippen molar-refractivity contribution in [3.8, 4) is 0 Å². The summed E-state index contributed by atoms with van der Waals surface area (Å²) < 4.78 is 0. The topological polar surface area (TPSA) is 108 Å². The van der Waals surface area contributed by atoms with Crippen LogP contribution >= 0.6 is 0 Å². The molecule has 0 unspecified atom stereocenters. The van der Waals surface area contributed by atoms with E-state index < -0.39 is 6.03 Å². The number of benzene rings is 2. The van der Waals surface area contributed by atoms with Gasteiger partial charge in [0.05, 0.1) is 11.1 Å². The van der Waals surface area contributed by atoms with Crippen molar-refractivity contribution < 1.29 is 19.2 Å². The van der Waals surface area contributed by atoms with Crippen molar-refractivity contribution in [3.05, 3.63) is 59.7 Å². The average Bonchev–Trinajstić information content (AvgIpc) is 2.91. The second-order valence-electron chi connectivity index (χ2n) is 6.30. The highest BCUT2D eigenvalue weighted by atomic mass is 16.2. The van der Waals surface area contributed by atoms with Crippen LogP contribution in [0.5, 0.6) is 0 Å². The molecule has 0 aromatic heterocycles. The summed E-state index contributed by atoms with van der Waals surface area (Å²) in [6.07, 6.45) is 0.445. The van der Waals surface area contributed by atoms with Crippen LogP contribution in [-0.2, 0) is 4.79 Å². The molecule has 1 aliphatic rings. The third-order valence-electron chi connectivity index (χ3n) is 4.19. The Morgan fingerprint density at radius 3 is 1.93 bits per heavy atom. The van der Waals surface area contributed by atoms with Crippen LogP contribution in [0.2, 0.25) is 0 Å². The summed E-state index contributed by atoms with van der Waals surface area (Å²) in [4.78, 5) is 48.6. The predicted molar refractivity (Wildman–Crippen MR) is 104 cm³/mol. The zero-order valence-corrected chi connectivity index (χ0v) is 15.3. The van der Waals surface area contributed by atoms with E-state index in [0.717, 1.165) is 0 Å².